The van der Waals surface area contributed by atoms with Gasteiger partial charge in [0.2, 0.25) is 0 Å². The third-order valence-electron chi connectivity index (χ3n) is 0.816. The van der Waals surface area contributed by atoms with Crippen molar-refractivity contribution in [1.29, 1.82) is 0 Å². The normalized spacial score (nSPS) is 7.12. The molecule has 50 valence electrons. The smallest absolute Gasteiger partial charge is 0.254 e. The Morgan fingerprint density at radius 2 is 1.38 bits per heavy atom. The zero-order valence-corrected chi connectivity index (χ0v) is 7.72. The van der Waals surface area contributed by atoms with Gasteiger partial charge in [0.25, 0.3) is 14.1 Å². The quantitative estimate of drug-likeness (QED) is 0.539. The molecule has 0 aromatic carbocycles. The molecule has 2 heteroatoms. The SMILES string of the molecule is CCN.C[CH2][Al]([CH3])[CH3]. The van der Waals surface area contributed by atoms with Gasteiger partial charge in [-0.3, -0.25) is 0 Å². The van der Waals surface area contributed by atoms with Crippen molar-refractivity contribution in [3.05, 3.63) is 0 Å². The van der Waals surface area contributed by atoms with Gasteiger partial charge in [-0.2, -0.15) is 0 Å². The molecular weight excluding hydrogens is 113 g/mol. The number of hydrogen-bond acceptors (Lipinski definition) is 1. The lowest BCUT2D eigenvalue weighted by Gasteiger charge is -1.81. The van der Waals surface area contributed by atoms with E-state index in [-0.39, 0.29) is 14.1 Å². The van der Waals surface area contributed by atoms with Gasteiger partial charge in [0, 0.05) is 0 Å². The minimum atomic E-state index is -0.150. The molecule has 8 heavy (non-hydrogen) atoms. The van der Waals surface area contributed by atoms with Crippen LogP contribution in [0.15, 0.2) is 0 Å². The highest BCUT2D eigenvalue weighted by molar-refractivity contribution is 6.55. The molecule has 0 fully saturated rings. The number of hydrogen-bond donors (Lipinski definition) is 1. The van der Waals surface area contributed by atoms with E-state index >= 15 is 0 Å². The minimum Gasteiger partial charge on any atom is -0.331 e. The van der Waals surface area contributed by atoms with Crippen LogP contribution in [0.4, 0.5) is 0 Å². The molecule has 0 aliphatic carbocycles. The lowest BCUT2D eigenvalue weighted by atomic mass is 10.8. The van der Waals surface area contributed by atoms with Crippen molar-refractivity contribution >= 4 is 14.1 Å². The van der Waals surface area contributed by atoms with Crippen LogP contribution in [0.5, 0.6) is 0 Å². The molecule has 0 saturated carbocycles. The van der Waals surface area contributed by atoms with Crippen LogP contribution in [0.2, 0.25) is 16.9 Å². The predicted octanol–water partition coefficient (Wildman–Crippen LogP) is 1.73. The lowest BCUT2D eigenvalue weighted by Crippen LogP contribution is -1.92. The molecule has 1 nitrogen and oxygen atoms in total. The van der Waals surface area contributed by atoms with Crippen LogP contribution in [0.1, 0.15) is 13.8 Å². The monoisotopic (exact) mass is 131 g/mol. The fourth-order valence-electron chi connectivity index (χ4n) is 0. The summed E-state index contributed by atoms with van der Waals surface area (Å²) in [6, 6.07) is 0. The Balaban J connectivity index is 0. The van der Waals surface area contributed by atoms with Gasteiger partial charge in [-0.05, 0) is 6.54 Å². The Bertz CT molecular complexity index is 29.7. The molecule has 0 bridgehead atoms. The standard InChI is InChI=1S/C2H7N.C2H5.2CH3.Al/c1-2-3;1-2;;;/h2-3H2,1H3;1H2,2H3;2*1H3;. The molecule has 0 atom stereocenters. The molecule has 0 heterocycles. The highest BCUT2D eigenvalue weighted by Crippen LogP contribution is 1.83. The highest BCUT2D eigenvalue weighted by atomic mass is 27.2. The van der Waals surface area contributed by atoms with Crippen molar-refractivity contribution in [2.24, 2.45) is 5.73 Å². The summed E-state index contributed by atoms with van der Waals surface area (Å²) in [7, 11) is 0. The van der Waals surface area contributed by atoms with Gasteiger partial charge in [-0.1, -0.05) is 19.1 Å². The average molecular weight is 131 g/mol. The first-order valence-electron chi connectivity index (χ1n) is 3.39. The van der Waals surface area contributed by atoms with Crippen LogP contribution in [0, 0.1) is 0 Å². The largest absolute Gasteiger partial charge is 0.331 e. The molecule has 0 aromatic heterocycles. The van der Waals surface area contributed by atoms with Crippen molar-refractivity contribution in [1.82, 2.24) is 0 Å². The van der Waals surface area contributed by atoms with E-state index in [0.29, 0.717) is 0 Å². The molecule has 0 saturated heterocycles. The lowest BCUT2D eigenvalue weighted by molar-refractivity contribution is 1.14. The highest BCUT2D eigenvalue weighted by Gasteiger charge is 1.91. The van der Waals surface area contributed by atoms with Crippen LogP contribution >= 0.6 is 0 Å². The summed E-state index contributed by atoms with van der Waals surface area (Å²) in [6.07, 6.45) is 0. The molecule has 0 amide bonds. The Labute approximate surface area is 57.7 Å². The van der Waals surface area contributed by atoms with E-state index < -0.39 is 0 Å². The first kappa shape index (κ1) is 11.3. The van der Waals surface area contributed by atoms with Crippen LogP contribution in [0.25, 0.3) is 0 Å². The van der Waals surface area contributed by atoms with Gasteiger partial charge in [0.15, 0.2) is 0 Å². The third kappa shape index (κ3) is 31.5. The Kier molecular flexibility index (Phi) is 14.8. The van der Waals surface area contributed by atoms with Crippen molar-refractivity contribution in [2.45, 2.75) is 30.7 Å². The van der Waals surface area contributed by atoms with E-state index in [0.717, 1.165) is 6.54 Å². The second-order valence-electron chi connectivity index (χ2n) is 2.21. The molecule has 0 rings (SSSR count). The average Bonchev–Trinajstić information content (AvgIpc) is 1.69. The Morgan fingerprint density at radius 1 is 1.25 bits per heavy atom. The van der Waals surface area contributed by atoms with E-state index in [4.69, 9.17) is 5.73 Å². The maximum Gasteiger partial charge on any atom is 0.254 e. The second kappa shape index (κ2) is 10.5. The Morgan fingerprint density at radius 3 is 1.38 bits per heavy atom. The van der Waals surface area contributed by atoms with Gasteiger partial charge in [-0.15, -0.1) is 11.6 Å². The summed E-state index contributed by atoms with van der Waals surface area (Å²) < 4.78 is 0. The summed E-state index contributed by atoms with van der Waals surface area (Å²) in [6.45, 7) is 4.91. The second-order valence-corrected chi connectivity index (χ2v) is 5.81. The molecule has 0 unspecified atom stereocenters. The molecule has 0 aromatic rings. The summed E-state index contributed by atoms with van der Waals surface area (Å²) in [5.41, 5.74) is 4.85. The van der Waals surface area contributed by atoms with E-state index in [1.54, 1.807) is 0 Å². The summed E-state index contributed by atoms with van der Waals surface area (Å²) in [5, 5.41) is 1.44. The topological polar surface area (TPSA) is 26.0 Å². The van der Waals surface area contributed by atoms with Crippen molar-refractivity contribution < 1.29 is 0 Å². The van der Waals surface area contributed by atoms with Crippen molar-refractivity contribution in [2.75, 3.05) is 6.54 Å². The molecule has 0 radical (unpaired) electrons. The molecule has 0 aliphatic heterocycles. The van der Waals surface area contributed by atoms with E-state index in [1.807, 2.05) is 6.92 Å². The number of rotatable bonds is 1. The third-order valence-corrected chi connectivity index (χ3v) is 2.45. The molecule has 0 aliphatic rings. The van der Waals surface area contributed by atoms with Crippen LogP contribution < -0.4 is 5.73 Å². The minimum absolute atomic E-state index is 0.150. The van der Waals surface area contributed by atoms with E-state index in [2.05, 4.69) is 18.5 Å². The fraction of sp³-hybridized carbons (Fsp3) is 1.00. The van der Waals surface area contributed by atoms with Crippen LogP contribution in [0.3, 0.4) is 0 Å². The van der Waals surface area contributed by atoms with E-state index in [9.17, 15) is 0 Å². The molecule has 2 N–H and O–H groups in total. The van der Waals surface area contributed by atoms with Crippen molar-refractivity contribution in [3.63, 3.8) is 0 Å². The fourth-order valence-corrected chi connectivity index (χ4v) is 0. The maximum absolute atomic E-state index is 4.85. The summed E-state index contributed by atoms with van der Waals surface area (Å²) >= 11 is -0.150. The van der Waals surface area contributed by atoms with Gasteiger partial charge >= 0.3 is 0 Å². The van der Waals surface area contributed by atoms with Crippen LogP contribution in [-0.4, -0.2) is 20.7 Å². The molecule has 0 spiro atoms. The predicted molar refractivity (Wildman–Crippen MR) is 42.7 cm³/mol. The zero-order chi connectivity index (χ0) is 6.99. The Hall–Kier alpha value is 0.492. The van der Waals surface area contributed by atoms with Gasteiger partial charge in [0.1, 0.15) is 0 Å². The van der Waals surface area contributed by atoms with Crippen LogP contribution in [-0.2, 0) is 0 Å². The summed E-state index contributed by atoms with van der Waals surface area (Å²) in [5.74, 6) is 4.72. The zero-order valence-electron chi connectivity index (χ0n) is 6.57. The molecular formula is C6H18AlN. The van der Waals surface area contributed by atoms with Gasteiger partial charge in [0.05, 0.1) is 0 Å². The van der Waals surface area contributed by atoms with Gasteiger partial charge in [-0.25, -0.2) is 0 Å². The number of nitrogens with two attached hydrogens (primary N) is 1. The first-order chi connectivity index (χ1) is 3.68. The first-order valence-corrected chi connectivity index (χ1v) is 6.51. The summed E-state index contributed by atoms with van der Waals surface area (Å²) in [4.78, 5) is 0. The van der Waals surface area contributed by atoms with Gasteiger partial charge < -0.3 is 5.73 Å². The van der Waals surface area contributed by atoms with Crippen molar-refractivity contribution in [3.8, 4) is 0 Å². The van der Waals surface area contributed by atoms with E-state index in [1.165, 1.54) is 5.28 Å². The maximum atomic E-state index is 4.85.